The minimum atomic E-state index is -0.470. The van der Waals surface area contributed by atoms with Crippen LogP contribution in [0, 0.1) is 11.8 Å². The zero-order valence-corrected chi connectivity index (χ0v) is 19.6. The number of methoxy groups -OCH3 is 1. The van der Waals surface area contributed by atoms with Gasteiger partial charge in [-0.15, -0.1) is 0 Å². The molecule has 0 spiro atoms. The first-order chi connectivity index (χ1) is 14.5. The van der Waals surface area contributed by atoms with Crippen molar-refractivity contribution in [3.05, 3.63) is 23.8 Å². The summed E-state index contributed by atoms with van der Waals surface area (Å²) in [6.07, 6.45) is 14.0. The Morgan fingerprint density at radius 2 is 1.83 bits per heavy atom. The number of rotatable bonds is 16. The number of ether oxygens (including phenoxy) is 2. The summed E-state index contributed by atoms with van der Waals surface area (Å²) in [5, 5.41) is 9.82. The van der Waals surface area contributed by atoms with Gasteiger partial charge in [0.2, 0.25) is 0 Å². The molecule has 0 saturated heterocycles. The Morgan fingerprint density at radius 3 is 2.47 bits per heavy atom. The van der Waals surface area contributed by atoms with Crippen LogP contribution >= 0.6 is 0 Å². The third kappa shape index (κ3) is 8.85. The highest BCUT2D eigenvalue weighted by Crippen LogP contribution is 2.35. The predicted molar refractivity (Wildman–Crippen MR) is 125 cm³/mol. The quantitative estimate of drug-likeness (QED) is 0.328. The van der Waals surface area contributed by atoms with Crippen molar-refractivity contribution in [3.63, 3.8) is 0 Å². The van der Waals surface area contributed by atoms with Crippen LogP contribution < -0.4 is 15.2 Å². The number of hydrogen-bond donors (Lipinski definition) is 2. The summed E-state index contributed by atoms with van der Waals surface area (Å²) in [4.78, 5) is 0. The molecule has 4 nitrogen and oxygen atoms in total. The highest BCUT2D eigenvalue weighted by Gasteiger charge is 2.30. The smallest absolute Gasteiger partial charge is 0.161 e. The van der Waals surface area contributed by atoms with Crippen LogP contribution in [-0.2, 0) is 6.42 Å². The Morgan fingerprint density at radius 1 is 1.10 bits per heavy atom. The standard InChI is InChI=1S/C26H45NO3/c1-21(2)10-7-5-4-6-8-17-30-24-14-13-22(18-25(24)29-3)15-16-26(27,20-28)19-23-11-9-12-23/h13-14,18,21,23,28H,4-12,15-17,19-20,27H2,1-3H3. The Balaban J connectivity index is 1.73. The maximum atomic E-state index is 9.82. The molecule has 0 heterocycles. The maximum Gasteiger partial charge on any atom is 0.161 e. The lowest BCUT2D eigenvalue weighted by Gasteiger charge is -2.35. The summed E-state index contributed by atoms with van der Waals surface area (Å²) < 4.78 is 11.5. The van der Waals surface area contributed by atoms with Crippen LogP contribution in [0.1, 0.15) is 90.0 Å². The maximum absolute atomic E-state index is 9.82. The molecule has 1 aliphatic rings. The first kappa shape index (κ1) is 25.0. The molecular weight excluding hydrogens is 374 g/mol. The van der Waals surface area contributed by atoms with Crippen LogP contribution in [0.2, 0.25) is 0 Å². The Hall–Kier alpha value is -1.26. The van der Waals surface area contributed by atoms with E-state index in [0.29, 0.717) is 5.92 Å². The van der Waals surface area contributed by atoms with E-state index in [9.17, 15) is 5.11 Å². The highest BCUT2D eigenvalue weighted by atomic mass is 16.5. The summed E-state index contributed by atoms with van der Waals surface area (Å²) in [7, 11) is 1.69. The zero-order valence-electron chi connectivity index (χ0n) is 19.6. The van der Waals surface area contributed by atoms with Gasteiger partial charge in [0.25, 0.3) is 0 Å². The number of unbranched alkanes of at least 4 members (excludes halogenated alkanes) is 4. The number of benzene rings is 1. The molecular formula is C26H45NO3. The van der Waals surface area contributed by atoms with Gasteiger partial charge in [-0.25, -0.2) is 0 Å². The third-order valence-corrected chi connectivity index (χ3v) is 6.56. The van der Waals surface area contributed by atoms with Gasteiger partial charge in [0.05, 0.1) is 20.3 Å². The molecule has 3 N–H and O–H groups in total. The third-order valence-electron chi connectivity index (χ3n) is 6.56. The van der Waals surface area contributed by atoms with Crippen molar-refractivity contribution in [2.75, 3.05) is 20.3 Å². The highest BCUT2D eigenvalue weighted by molar-refractivity contribution is 5.43. The number of hydrogen-bond acceptors (Lipinski definition) is 4. The fourth-order valence-electron chi connectivity index (χ4n) is 4.26. The molecule has 1 aromatic rings. The molecule has 0 radical (unpaired) electrons. The van der Waals surface area contributed by atoms with E-state index in [4.69, 9.17) is 15.2 Å². The second-order valence-electron chi connectivity index (χ2n) is 9.81. The van der Waals surface area contributed by atoms with Crippen LogP contribution in [0.15, 0.2) is 18.2 Å². The first-order valence-electron chi connectivity index (χ1n) is 12.2. The summed E-state index contributed by atoms with van der Waals surface area (Å²) in [6, 6.07) is 6.17. The van der Waals surface area contributed by atoms with Gasteiger partial charge in [0, 0.05) is 5.54 Å². The average Bonchev–Trinajstić information content (AvgIpc) is 2.71. The SMILES string of the molecule is COc1cc(CCC(N)(CO)CC2CCC2)ccc1OCCCCCCCC(C)C. The Labute approximate surface area is 184 Å². The van der Waals surface area contributed by atoms with Gasteiger partial charge >= 0.3 is 0 Å². The normalized spacial score (nSPS) is 16.3. The van der Waals surface area contributed by atoms with Crippen molar-refractivity contribution in [2.45, 2.75) is 96.4 Å². The van der Waals surface area contributed by atoms with Crippen molar-refractivity contribution in [1.82, 2.24) is 0 Å². The number of nitrogens with two attached hydrogens (primary N) is 1. The summed E-state index contributed by atoms with van der Waals surface area (Å²) in [5.41, 5.74) is 7.20. The second kappa shape index (κ2) is 13.2. The average molecular weight is 420 g/mol. The molecule has 1 aliphatic carbocycles. The molecule has 1 unspecified atom stereocenters. The molecule has 172 valence electrons. The molecule has 1 saturated carbocycles. The van der Waals surface area contributed by atoms with E-state index in [0.717, 1.165) is 49.7 Å². The minimum absolute atomic E-state index is 0.0549. The summed E-state index contributed by atoms with van der Waals surface area (Å²) >= 11 is 0. The Bertz CT molecular complexity index is 600. The molecule has 0 amide bonds. The van der Waals surface area contributed by atoms with Gasteiger partial charge in [0.15, 0.2) is 11.5 Å². The zero-order chi connectivity index (χ0) is 21.8. The fraction of sp³-hybridized carbons (Fsp3) is 0.769. The van der Waals surface area contributed by atoms with Crippen molar-refractivity contribution >= 4 is 0 Å². The lowest BCUT2D eigenvalue weighted by molar-refractivity contribution is 0.135. The number of aliphatic hydroxyl groups excluding tert-OH is 1. The van der Waals surface area contributed by atoms with E-state index in [1.54, 1.807) is 7.11 Å². The molecule has 4 heteroatoms. The van der Waals surface area contributed by atoms with Gasteiger partial charge in [-0.3, -0.25) is 0 Å². The molecule has 2 rings (SSSR count). The predicted octanol–water partition coefficient (Wildman–Crippen LogP) is 5.88. The van der Waals surface area contributed by atoms with Gasteiger partial charge in [-0.2, -0.15) is 0 Å². The molecule has 30 heavy (non-hydrogen) atoms. The minimum Gasteiger partial charge on any atom is -0.493 e. The summed E-state index contributed by atoms with van der Waals surface area (Å²) in [6.45, 7) is 5.37. The van der Waals surface area contributed by atoms with Crippen LogP contribution in [0.5, 0.6) is 11.5 Å². The topological polar surface area (TPSA) is 64.7 Å². The van der Waals surface area contributed by atoms with Gasteiger partial charge in [0.1, 0.15) is 0 Å². The van der Waals surface area contributed by atoms with Crippen molar-refractivity contribution < 1.29 is 14.6 Å². The van der Waals surface area contributed by atoms with E-state index in [2.05, 4.69) is 26.0 Å². The van der Waals surface area contributed by atoms with E-state index < -0.39 is 5.54 Å². The van der Waals surface area contributed by atoms with Crippen LogP contribution in [-0.4, -0.2) is 31.0 Å². The lowest BCUT2D eigenvalue weighted by Crippen LogP contribution is -2.46. The second-order valence-corrected chi connectivity index (χ2v) is 9.81. The fourth-order valence-corrected chi connectivity index (χ4v) is 4.26. The monoisotopic (exact) mass is 419 g/mol. The number of aryl methyl sites for hydroxylation is 1. The van der Waals surface area contributed by atoms with Gasteiger partial charge in [-0.1, -0.05) is 71.3 Å². The Kier molecular flexibility index (Phi) is 11.0. The molecule has 0 aliphatic heterocycles. The van der Waals surface area contributed by atoms with E-state index in [1.165, 1.54) is 56.9 Å². The van der Waals surface area contributed by atoms with Crippen LogP contribution in [0.3, 0.4) is 0 Å². The number of aliphatic hydroxyl groups is 1. The largest absolute Gasteiger partial charge is 0.493 e. The molecule has 1 aromatic carbocycles. The molecule has 0 bridgehead atoms. The lowest BCUT2D eigenvalue weighted by atomic mass is 9.75. The van der Waals surface area contributed by atoms with Crippen LogP contribution in [0.25, 0.3) is 0 Å². The van der Waals surface area contributed by atoms with E-state index in [-0.39, 0.29) is 6.61 Å². The summed E-state index contributed by atoms with van der Waals surface area (Å²) in [5.74, 6) is 3.12. The van der Waals surface area contributed by atoms with Crippen LogP contribution in [0.4, 0.5) is 0 Å². The van der Waals surface area contributed by atoms with Gasteiger partial charge < -0.3 is 20.3 Å². The molecule has 0 aromatic heterocycles. The van der Waals surface area contributed by atoms with E-state index in [1.807, 2.05) is 6.07 Å². The molecule has 1 fully saturated rings. The van der Waals surface area contributed by atoms with Gasteiger partial charge in [-0.05, 0) is 55.2 Å². The van der Waals surface area contributed by atoms with Crippen molar-refractivity contribution in [3.8, 4) is 11.5 Å². The van der Waals surface area contributed by atoms with Crippen molar-refractivity contribution in [1.29, 1.82) is 0 Å². The first-order valence-corrected chi connectivity index (χ1v) is 12.2. The van der Waals surface area contributed by atoms with Crippen molar-refractivity contribution in [2.24, 2.45) is 17.6 Å². The molecule has 1 atom stereocenters. The van der Waals surface area contributed by atoms with E-state index >= 15 is 0 Å².